The van der Waals surface area contributed by atoms with E-state index in [1.807, 2.05) is 11.8 Å². The van der Waals surface area contributed by atoms with Crippen molar-refractivity contribution in [2.75, 3.05) is 25.0 Å². The number of hydrogen-bond donors (Lipinski definition) is 1. The Morgan fingerprint density at radius 2 is 2.05 bits per heavy atom. The number of aryl methyl sites for hydroxylation is 1. The van der Waals surface area contributed by atoms with Crippen LogP contribution in [-0.4, -0.2) is 40.4 Å². The maximum absolute atomic E-state index is 12.3. The third-order valence-electron chi connectivity index (χ3n) is 3.14. The van der Waals surface area contributed by atoms with Crippen LogP contribution in [0.4, 0.5) is 5.95 Å². The van der Waals surface area contributed by atoms with Crippen molar-refractivity contribution < 1.29 is 4.79 Å². The van der Waals surface area contributed by atoms with Gasteiger partial charge in [-0.2, -0.15) is 0 Å². The Morgan fingerprint density at radius 3 is 2.68 bits per heavy atom. The van der Waals surface area contributed by atoms with Crippen molar-refractivity contribution in [3.8, 4) is 0 Å². The molecule has 0 spiro atoms. The monoisotopic (exact) mass is 262 g/mol. The zero-order valence-electron chi connectivity index (χ0n) is 11.9. The first-order valence-corrected chi connectivity index (χ1v) is 6.95. The molecule has 0 atom stereocenters. The molecule has 2 rings (SSSR count). The summed E-state index contributed by atoms with van der Waals surface area (Å²) in [4.78, 5) is 22.8. The molecule has 0 aromatic carbocycles. The number of nitrogens with one attached hydrogen (secondary N) is 1. The fourth-order valence-corrected chi connectivity index (χ4v) is 2.13. The van der Waals surface area contributed by atoms with E-state index in [0.29, 0.717) is 17.6 Å². The number of hydrogen-bond acceptors (Lipinski definition) is 4. The number of rotatable bonds is 4. The van der Waals surface area contributed by atoms with Crippen molar-refractivity contribution in [2.24, 2.45) is 5.92 Å². The molecule has 19 heavy (non-hydrogen) atoms. The fourth-order valence-electron chi connectivity index (χ4n) is 2.13. The summed E-state index contributed by atoms with van der Waals surface area (Å²) in [6.07, 6.45) is 2.18. The number of aromatic nitrogens is 2. The lowest BCUT2D eigenvalue weighted by Crippen LogP contribution is -2.29. The second-order valence-electron chi connectivity index (χ2n) is 5.49. The van der Waals surface area contributed by atoms with E-state index in [4.69, 9.17) is 0 Å². The highest BCUT2D eigenvalue weighted by Gasteiger charge is 2.21. The van der Waals surface area contributed by atoms with Gasteiger partial charge in [-0.05, 0) is 31.7 Å². The van der Waals surface area contributed by atoms with Crippen LogP contribution in [0, 0.1) is 12.8 Å². The lowest BCUT2D eigenvalue weighted by Gasteiger charge is -2.15. The van der Waals surface area contributed by atoms with Gasteiger partial charge >= 0.3 is 0 Å². The van der Waals surface area contributed by atoms with Crippen molar-refractivity contribution in [3.05, 3.63) is 17.5 Å². The van der Waals surface area contributed by atoms with Gasteiger partial charge in [-0.1, -0.05) is 13.8 Å². The average Bonchev–Trinajstić information content (AvgIpc) is 2.88. The first kappa shape index (κ1) is 13.8. The Kier molecular flexibility index (Phi) is 4.35. The number of nitrogens with zero attached hydrogens (tertiary/aromatic N) is 3. The summed E-state index contributed by atoms with van der Waals surface area (Å²) < 4.78 is 0. The van der Waals surface area contributed by atoms with Crippen LogP contribution in [0.25, 0.3) is 0 Å². The van der Waals surface area contributed by atoms with Gasteiger partial charge in [0.15, 0.2) is 0 Å². The Hall–Kier alpha value is -1.65. The molecule has 1 fully saturated rings. The highest BCUT2D eigenvalue weighted by molar-refractivity contribution is 5.92. The Balaban J connectivity index is 2.13. The number of carbonyl (C=O) groups is 1. The molecule has 0 bridgehead atoms. The molecule has 1 N–H and O–H groups in total. The molecule has 1 amide bonds. The molecule has 2 heterocycles. The van der Waals surface area contributed by atoms with Gasteiger partial charge in [-0.3, -0.25) is 4.79 Å². The normalized spacial score (nSPS) is 15.1. The van der Waals surface area contributed by atoms with Crippen molar-refractivity contribution in [1.29, 1.82) is 0 Å². The van der Waals surface area contributed by atoms with E-state index in [1.165, 1.54) is 0 Å². The smallest absolute Gasteiger partial charge is 0.272 e. The number of anilines is 1. The molecule has 1 aromatic heterocycles. The summed E-state index contributed by atoms with van der Waals surface area (Å²) in [5.74, 6) is 1.09. The maximum Gasteiger partial charge on any atom is 0.272 e. The SMILES string of the molecule is Cc1cc(C(=O)N2CCCC2)nc(NCC(C)C)n1. The van der Waals surface area contributed by atoms with Crippen LogP contribution in [0.3, 0.4) is 0 Å². The molecule has 1 saturated heterocycles. The first-order chi connectivity index (χ1) is 9.06. The van der Waals surface area contributed by atoms with Crippen molar-refractivity contribution in [3.63, 3.8) is 0 Å². The van der Waals surface area contributed by atoms with Crippen LogP contribution in [0.15, 0.2) is 6.07 Å². The third-order valence-corrected chi connectivity index (χ3v) is 3.14. The lowest BCUT2D eigenvalue weighted by atomic mass is 10.2. The zero-order chi connectivity index (χ0) is 13.8. The summed E-state index contributed by atoms with van der Waals surface area (Å²) in [6, 6.07) is 1.77. The standard InChI is InChI=1S/C14H22N4O/c1-10(2)9-15-14-16-11(3)8-12(17-14)13(19)18-6-4-5-7-18/h8,10H,4-7,9H2,1-3H3,(H,15,16,17). The van der Waals surface area contributed by atoms with Gasteiger partial charge in [0, 0.05) is 25.3 Å². The van der Waals surface area contributed by atoms with E-state index in [0.717, 1.165) is 38.2 Å². The maximum atomic E-state index is 12.3. The quantitative estimate of drug-likeness (QED) is 0.902. The van der Waals surface area contributed by atoms with Gasteiger partial charge in [0.2, 0.25) is 5.95 Å². The molecule has 0 radical (unpaired) electrons. The minimum Gasteiger partial charge on any atom is -0.354 e. The molecular weight excluding hydrogens is 240 g/mol. The predicted octanol–water partition coefficient (Wildman–Crippen LogP) is 2.09. The largest absolute Gasteiger partial charge is 0.354 e. The second-order valence-corrected chi connectivity index (χ2v) is 5.49. The van der Waals surface area contributed by atoms with Crippen LogP contribution in [0.2, 0.25) is 0 Å². The van der Waals surface area contributed by atoms with Crippen LogP contribution in [0.1, 0.15) is 42.9 Å². The van der Waals surface area contributed by atoms with Crippen molar-refractivity contribution in [2.45, 2.75) is 33.6 Å². The molecular formula is C14H22N4O. The second kappa shape index (κ2) is 5.99. The lowest BCUT2D eigenvalue weighted by molar-refractivity contribution is 0.0787. The van der Waals surface area contributed by atoms with Gasteiger partial charge in [-0.15, -0.1) is 0 Å². The molecule has 1 aromatic rings. The van der Waals surface area contributed by atoms with E-state index in [-0.39, 0.29) is 5.91 Å². The summed E-state index contributed by atoms with van der Waals surface area (Å²) >= 11 is 0. The van der Waals surface area contributed by atoms with E-state index in [9.17, 15) is 4.79 Å². The van der Waals surface area contributed by atoms with Crippen LogP contribution in [-0.2, 0) is 0 Å². The highest BCUT2D eigenvalue weighted by Crippen LogP contribution is 2.13. The summed E-state index contributed by atoms with van der Waals surface area (Å²) in [5.41, 5.74) is 1.32. The van der Waals surface area contributed by atoms with Crippen LogP contribution in [0.5, 0.6) is 0 Å². The molecule has 1 aliphatic heterocycles. The number of amides is 1. The van der Waals surface area contributed by atoms with Gasteiger partial charge in [0.05, 0.1) is 0 Å². The Morgan fingerprint density at radius 1 is 1.37 bits per heavy atom. The average molecular weight is 262 g/mol. The minimum atomic E-state index is 0.0237. The number of carbonyl (C=O) groups excluding carboxylic acids is 1. The molecule has 0 saturated carbocycles. The molecule has 5 heteroatoms. The van der Waals surface area contributed by atoms with E-state index < -0.39 is 0 Å². The highest BCUT2D eigenvalue weighted by atomic mass is 16.2. The van der Waals surface area contributed by atoms with Gasteiger partial charge < -0.3 is 10.2 Å². The number of likely N-dealkylation sites (tertiary alicyclic amines) is 1. The fraction of sp³-hybridized carbons (Fsp3) is 0.643. The third kappa shape index (κ3) is 3.66. The van der Waals surface area contributed by atoms with Gasteiger partial charge in [0.25, 0.3) is 5.91 Å². The first-order valence-electron chi connectivity index (χ1n) is 6.95. The van der Waals surface area contributed by atoms with Crippen molar-refractivity contribution in [1.82, 2.24) is 14.9 Å². The summed E-state index contributed by atoms with van der Waals surface area (Å²) in [5, 5.41) is 3.18. The Bertz CT molecular complexity index is 453. The van der Waals surface area contributed by atoms with E-state index in [2.05, 4.69) is 29.1 Å². The molecule has 0 unspecified atom stereocenters. The van der Waals surface area contributed by atoms with E-state index >= 15 is 0 Å². The Labute approximate surface area is 114 Å². The zero-order valence-corrected chi connectivity index (χ0v) is 11.9. The summed E-state index contributed by atoms with van der Waals surface area (Å²) in [7, 11) is 0. The molecule has 104 valence electrons. The minimum absolute atomic E-state index is 0.0237. The van der Waals surface area contributed by atoms with Crippen molar-refractivity contribution >= 4 is 11.9 Å². The van der Waals surface area contributed by atoms with E-state index in [1.54, 1.807) is 6.07 Å². The van der Waals surface area contributed by atoms with Gasteiger partial charge in [0.1, 0.15) is 5.69 Å². The van der Waals surface area contributed by atoms with Crippen LogP contribution < -0.4 is 5.32 Å². The van der Waals surface area contributed by atoms with Gasteiger partial charge in [-0.25, -0.2) is 9.97 Å². The topological polar surface area (TPSA) is 58.1 Å². The van der Waals surface area contributed by atoms with Crippen LogP contribution >= 0.6 is 0 Å². The predicted molar refractivity (Wildman–Crippen MR) is 75.2 cm³/mol. The molecule has 5 nitrogen and oxygen atoms in total. The molecule has 1 aliphatic rings. The molecule has 0 aliphatic carbocycles. The summed E-state index contributed by atoms with van der Waals surface area (Å²) in [6.45, 7) is 8.63.